The summed E-state index contributed by atoms with van der Waals surface area (Å²) in [5, 5.41) is 5.55. The van der Waals surface area contributed by atoms with Crippen molar-refractivity contribution in [3.05, 3.63) is 54.5 Å². The molecule has 1 fully saturated rings. The first-order valence-corrected chi connectivity index (χ1v) is 13.6. The summed E-state index contributed by atoms with van der Waals surface area (Å²) < 4.78 is 72.9. The Labute approximate surface area is 227 Å². The van der Waals surface area contributed by atoms with E-state index in [9.17, 15) is 21.6 Å². The predicted molar refractivity (Wildman–Crippen MR) is 138 cm³/mol. The fourth-order valence-corrected chi connectivity index (χ4v) is 4.91. The zero-order chi connectivity index (χ0) is 28.8. The molecule has 16 heteroatoms. The first-order valence-electron chi connectivity index (χ1n) is 12.1. The van der Waals surface area contributed by atoms with Crippen LogP contribution in [0.15, 0.2) is 43.1 Å². The molecule has 3 aromatic heterocycles. The van der Waals surface area contributed by atoms with Crippen LogP contribution in [0.2, 0.25) is 0 Å². The summed E-state index contributed by atoms with van der Waals surface area (Å²) in [5.41, 5.74) is 0.436. The summed E-state index contributed by atoms with van der Waals surface area (Å²) in [6.07, 6.45) is 0.653. The molecule has 0 aliphatic heterocycles. The summed E-state index contributed by atoms with van der Waals surface area (Å²) in [6, 6.07) is 5.31. The van der Waals surface area contributed by atoms with E-state index in [0.29, 0.717) is 21.1 Å². The van der Waals surface area contributed by atoms with E-state index < -0.39 is 22.1 Å². The van der Waals surface area contributed by atoms with Crippen LogP contribution in [-0.2, 0) is 16.4 Å². The third-order valence-electron chi connectivity index (χ3n) is 6.16. The van der Waals surface area contributed by atoms with E-state index in [4.69, 9.17) is 9.88 Å². The number of imidazole rings is 1. The van der Waals surface area contributed by atoms with Crippen molar-refractivity contribution < 1.29 is 26.3 Å². The quantitative estimate of drug-likeness (QED) is 0.328. The summed E-state index contributed by atoms with van der Waals surface area (Å²) in [4.78, 5) is 24.8. The number of halogens is 3. The number of aromatic nitrogens is 7. The van der Waals surface area contributed by atoms with E-state index >= 15 is 0 Å². The van der Waals surface area contributed by atoms with Gasteiger partial charge in [0, 0.05) is 23.7 Å². The number of rotatable bonds is 8. The van der Waals surface area contributed by atoms with Gasteiger partial charge < -0.3 is 9.30 Å². The molecule has 0 unspecified atom stereocenters. The van der Waals surface area contributed by atoms with E-state index in [-0.39, 0.29) is 41.1 Å². The van der Waals surface area contributed by atoms with Gasteiger partial charge >= 0.3 is 16.4 Å². The number of ether oxygens (including phenoxy) is 1. The number of benzene rings is 1. The molecule has 3 heterocycles. The van der Waals surface area contributed by atoms with Crippen LogP contribution in [-0.4, -0.2) is 50.0 Å². The van der Waals surface area contributed by atoms with Crippen molar-refractivity contribution >= 4 is 21.8 Å². The van der Waals surface area contributed by atoms with Gasteiger partial charge in [0.2, 0.25) is 11.8 Å². The van der Waals surface area contributed by atoms with Gasteiger partial charge in [0.05, 0.1) is 18.5 Å². The second kappa shape index (κ2) is 10.1. The number of hydrogen-bond donors (Lipinski definition) is 1. The lowest BCUT2D eigenvalue weighted by molar-refractivity contribution is -0.140. The minimum absolute atomic E-state index is 0.0424. The molecule has 0 spiro atoms. The van der Waals surface area contributed by atoms with Gasteiger partial charge in [0.25, 0.3) is 0 Å². The Morgan fingerprint density at radius 1 is 1.05 bits per heavy atom. The van der Waals surface area contributed by atoms with Gasteiger partial charge in [-0.15, -0.1) is 0 Å². The number of nitrogens with zero attached hydrogens (tertiary/aromatic N) is 8. The molecule has 0 radical (unpaired) electrons. The number of hydrogen-bond acceptors (Lipinski definition) is 9. The van der Waals surface area contributed by atoms with Gasteiger partial charge in [0.15, 0.2) is 11.5 Å². The maximum absolute atomic E-state index is 13.3. The SMILES string of the molecule is COc1ncnc(C2CC2)c1-c1ncnc(N(c2ccc(-c3nc(C(F)(F)F)cn3C(C)C)cc2)S(N)(=O)=O)n1. The van der Waals surface area contributed by atoms with Crippen LogP contribution in [0, 0.1) is 0 Å². The fourth-order valence-electron chi connectivity index (χ4n) is 4.18. The van der Waals surface area contributed by atoms with Gasteiger partial charge in [-0.3, -0.25) is 0 Å². The Bertz CT molecular complexity index is 1650. The van der Waals surface area contributed by atoms with Crippen molar-refractivity contribution in [3.8, 4) is 28.7 Å². The van der Waals surface area contributed by atoms with Crippen LogP contribution in [0.25, 0.3) is 22.8 Å². The average molecular weight is 576 g/mol. The first-order chi connectivity index (χ1) is 18.9. The van der Waals surface area contributed by atoms with E-state index in [1.807, 2.05) is 0 Å². The molecular formula is C24H24F3N9O3S. The van der Waals surface area contributed by atoms with Crippen molar-refractivity contribution in [1.29, 1.82) is 0 Å². The maximum Gasteiger partial charge on any atom is 0.434 e. The summed E-state index contributed by atoms with van der Waals surface area (Å²) in [7, 11) is -3.03. The lowest BCUT2D eigenvalue weighted by Crippen LogP contribution is -2.34. The molecule has 1 aliphatic carbocycles. The van der Waals surface area contributed by atoms with Gasteiger partial charge in [-0.05, 0) is 51.0 Å². The highest BCUT2D eigenvalue weighted by molar-refractivity contribution is 7.90. The molecule has 12 nitrogen and oxygen atoms in total. The van der Waals surface area contributed by atoms with E-state index in [2.05, 4.69) is 29.9 Å². The van der Waals surface area contributed by atoms with E-state index in [1.54, 1.807) is 13.8 Å². The minimum Gasteiger partial charge on any atom is -0.480 e. The smallest absolute Gasteiger partial charge is 0.434 e. The van der Waals surface area contributed by atoms with Gasteiger partial charge in [0.1, 0.15) is 24.0 Å². The number of methoxy groups -OCH3 is 1. The number of alkyl halides is 3. The molecule has 5 rings (SSSR count). The van der Waals surface area contributed by atoms with Crippen LogP contribution in [0.1, 0.15) is 50.0 Å². The number of nitrogens with two attached hydrogens (primary N) is 1. The van der Waals surface area contributed by atoms with E-state index in [0.717, 1.165) is 25.4 Å². The minimum atomic E-state index is -4.62. The largest absolute Gasteiger partial charge is 0.480 e. The van der Waals surface area contributed by atoms with Gasteiger partial charge in [-0.25, -0.2) is 25.1 Å². The van der Waals surface area contributed by atoms with Gasteiger partial charge in [-0.2, -0.15) is 35.9 Å². The zero-order valence-corrected chi connectivity index (χ0v) is 22.3. The summed E-state index contributed by atoms with van der Waals surface area (Å²) >= 11 is 0. The lowest BCUT2D eigenvalue weighted by atomic mass is 10.1. The Balaban J connectivity index is 1.56. The second-order valence-electron chi connectivity index (χ2n) is 9.33. The van der Waals surface area contributed by atoms with Crippen molar-refractivity contribution in [2.24, 2.45) is 5.14 Å². The first kappa shape index (κ1) is 27.4. The van der Waals surface area contributed by atoms with E-state index in [1.165, 1.54) is 42.3 Å². The van der Waals surface area contributed by atoms with Crippen molar-refractivity contribution in [3.63, 3.8) is 0 Å². The van der Waals surface area contributed by atoms with Crippen LogP contribution in [0.5, 0.6) is 5.88 Å². The Hall–Kier alpha value is -4.18. The molecule has 2 N–H and O–H groups in total. The van der Waals surface area contributed by atoms with Crippen molar-refractivity contribution in [2.75, 3.05) is 11.4 Å². The molecule has 1 saturated carbocycles. The van der Waals surface area contributed by atoms with Crippen LogP contribution >= 0.6 is 0 Å². The number of anilines is 2. The second-order valence-corrected chi connectivity index (χ2v) is 10.7. The normalized spacial score (nSPS) is 14.0. The van der Waals surface area contributed by atoms with Crippen LogP contribution < -0.4 is 14.2 Å². The fraction of sp³-hybridized carbons (Fsp3) is 0.333. The average Bonchev–Trinajstić information content (AvgIpc) is 3.64. The predicted octanol–water partition coefficient (Wildman–Crippen LogP) is 4.02. The lowest BCUT2D eigenvalue weighted by Gasteiger charge is -2.20. The molecule has 40 heavy (non-hydrogen) atoms. The standard InChI is InChI=1S/C24H24F3N9O3S/c1-13(2)35-10-17(24(25,26)27)33-21(35)15-6-8-16(9-7-15)36(40(28,37)38)23-32-12-30-20(34-23)18-19(14-4-5-14)29-11-31-22(18)39-3/h6-14H,4-5H2,1-3H3,(H2,28,37,38). The molecule has 210 valence electrons. The molecule has 0 atom stereocenters. The molecule has 0 amide bonds. The van der Waals surface area contributed by atoms with Crippen LogP contribution in [0.4, 0.5) is 24.8 Å². The monoisotopic (exact) mass is 575 g/mol. The Morgan fingerprint density at radius 2 is 1.73 bits per heavy atom. The highest BCUT2D eigenvalue weighted by atomic mass is 32.2. The topological polar surface area (TPSA) is 155 Å². The van der Waals surface area contributed by atoms with Crippen molar-refractivity contribution in [2.45, 2.75) is 44.8 Å². The molecule has 0 saturated heterocycles. The summed E-state index contributed by atoms with van der Waals surface area (Å²) in [6.45, 7) is 3.45. The molecule has 1 aromatic carbocycles. The molecular weight excluding hydrogens is 551 g/mol. The van der Waals surface area contributed by atoms with Crippen LogP contribution in [0.3, 0.4) is 0 Å². The Morgan fingerprint density at radius 3 is 2.30 bits per heavy atom. The molecule has 4 aromatic rings. The van der Waals surface area contributed by atoms with Gasteiger partial charge in [-0.1, -0.05) is 0 Å². The third kappa shape index (κ3) is 5.31. The summed E-state index contributed by atoms with van der Waals surface area (Å²) in [5.74, 6) is 0.246. The highest BCUT2D eigenvalue weighted by Gasteiger charge is 2.36. The maximum atomic E-state index is 13.3. The Kier molecular flexibility index (Phi) is 6.91. The highest BCUT2D eigenvalue weighted by Crippen LogP contribution is 2.45. The third-order valence-corrected chi connectivity index (χ3v) is 7.04. The zero-order valence-electron chi connectivity index (χ0n) is 21.5. The molecule has 1 aliphatic rings. The molecule has 0 bridgehead atoms. The van der Waals surface area contributed by atoms with Crippen molar-refractivity contribution in [1.82, 2.24) is 34.5 Å².